The fourth-order valence-electron chi connectivity index (χ4n) is 1.20. The SMILES string of the molecule is C=CCCN(CCSC(C)=O)C(=O)NC(C)C(=O)O. The predicted octanol–water partition coefficient (Wildman–Crippen LogP) is 1.33. The minimum absolute atomic E-state index is 0.0111. The number of carboxylic acid groups (broad SMARTS) is 1. The summed E-state index contributed by atoms with van der Waals surface area (Å²) in [5, 5.41) is 11.1. The Morgan fingerprint density at radius 2 is 2.05 bits per heavy atom. The number of nitrogens with one attached hydrogen (secondary N) is 1. The number of hydrogen-bond donors (Lipinski definition) is 2. The van der Waals surface area contributed by atoms with E-state index in [-0.39, 0.29) is 5.12 Å². The average molecular weight is 288 g/mol. The number of rotatable bonds is 8. The molecule has 0 fully saturated rings. The van der Waals surface area contributed by atoms with E-state index in [0.29, 0.717) is 25.3 Å². The maximum atomic E-state index is 11.9. The van der Waals surface area contributed by atoms with Gasteiger partial charge in [-0.05, 0) is 13.3 Å². The summed E-state index contributed by atoms with van der Waals surface area (Å²) in [6.45, 7) is 7.27. The van der Waals surface area contributed by atoms with Crippen LogP contribution in [0, 0.1) is 0 Å². The van der Waals surface area contributed by atoms with Crippen molar-refractivity contribution < 1.29 is 19.5 Å². The molecule has 0 rings (SSSR count). The van der Waals surface area contributed by atoms with Crippen molar-refractivity contribution in [3.8, 4) is 0 Å². The van der Waals surface area contributed by atoms with Gasteiger partial charge >= 0.3 is 12.0 Å². The van der Waals surface area contributed by atoms with Crippen LogP contribution in [-0.2, 0) is 9.59 Å². The van der Waals surface area contributed by atoms with E-state index in [4.69, 9.17) is 5.11 Å². The van der Waals surface area contributed by atoms with Gasteiger partial charge in [-0.25, -0.2) is 4.79 Å². The first-order valence-electron chi connectivity index (χ1n) is 5.91. The second-order valence-corrected chi connectivity index (χ2v) is 5.19. The molecule has 0 aliphatic rings. The molecule has 1 atom stereocenters. The molecule has 1 unspecified atom stereocenters. The van der Waals surface area contributed by atoms with Crippen molar-refractivity contribution in [3.63, 3.8) is 0 Å². The Morgan fingerprint density at radius 3 is 2.53 bits per heavy atom. The van der Waals surface area contributed by atoms with Crippen LogP contribution in [0.25, 0.3) is 0 Å². The van der Waals surface area contributed by atoms with Crippen LogP contribution < -0.4 is 5.32 Å². The molecule has 0 aromatic rings. The zero-order valence-electron chi connectivity index (χ0n) is 11.2. The Morgan fingerprint density at radius 1 is 1.42 bits per heavy atom. The molecule has 6 nitrogen and oxygen atoms in total. The van der Waals surface area contributed by atoms with Gasteiger partial charge in [0.15, 0.2) is 5.12 Å². The Labute approximate surface area is 117 Å². The number of nitrogens with zero attached hydrogens (tertiary/aromatic N) is 1. The summed E-state index contributed by atoms with van der Waals surface area (Å²) in [6.07, 6.45) is 2.29. The predicted molar refractivity (Wildman–Crippen MR) is 75.2 cm³/mol. The van der Waals surface area contributed by atoms with E-state index in [1.807, 2.05) is 0 Å². The number of urea groups is 1. The van der Waals surface area contributed by atoms with Gasteiger partial charge in [0.05, 0.1) is 0 Å². The number of amides is 2. The molecule has 0 bridgehead atoms. The van der Waals surface area contributed by atoms with Crippen LogP contribution in [0.4, 0.5) is 4.79 Å². The number of thioether (sulfide) groups is 1. The smallest absolute Gasteiger partial charge is 0.325 e. The third-order valence-electron chi connectivity index (χ3n) is 2.27. The zero-order chi connectivity index (χ0) is 14.8. The van der Waals surface area contributed by atoms with Crippen molar-refractivity contribution >= 4 is 28.9 Å². The van der Waals surface area contributed by atoms with E-state index in [0.717, 1.165) is 11.8 Å². The third kappa shape index (κ3) is 8.25. The van der Waals surface area contributed by atoms with Gasteiger partial charge in [-0.15, -0.1) is 6.58 Å². The highest BCUT2D eigenvalue weighted by atomic mass is 32.2. The van der Waals surface area contributed by atoms with Crippen molar-refractivity contribution in [2.45, 2.75) is 26.3 Å². The van der Waals surface area contributed by atoms with Crippen molar-refractivity contribution in [1.29, 1.82) is 0 Å². The van der Waals surface area contributed by atoms with Crippen LogP contribution in [-0.4, -0.2) is 52.0 Å². The molecule has 0 spiro atoms. The van der Waals surface area contributed by atoms with Gasteiger partial charge < -0.3 is 15.3 Å². The highest BCUT2D eigenvalue weighted by Gasteiger charge is 2.18. The molecule has 0 aromatic carbocycles. The maximum Gasteiger partial charge on any atom is 0.325 e. The normalized spacial score (nSPS) is 11.5. The number of aliphatic carboxylic acids is 1. The molecule has 108 valence electrons. The molecular weight excluding hydrogens is 268 g/mol. The first-order valence-corrected chi connectivity index (χ1v) is 6.89. The summed E-state index contributed by atoms with van der Waals surface area (Å²) in [5.74, 6) is -0.600. The maximum absolute atomic E-state index is 11.9. The summed E-state index contributed by atoms with van der Waals surface area (Å²) in [7, 11) is 0. The molecule has 0 aliphatic heterocycles. The van der Waals surface area contributed by atoms with Crippen LogP contribution in [0.15, 0.2) is 12.7 Å². The summed E-state index contributed by atoms with van der Waals surface area (Å²) in [4.78, 5) is 34.8. The molecule has 0 heterocycles. The monoisotopic (exact) mass is 288 g/mol. The molecular formula is C12H20N2O4S. The van der Waals surface area contributed by atoms with Crippen LogP contribution in [0.1, 0.15) is 20.3 Å². The topological polar surface area (TPSA) is 86.7 Å². The Kier molecular flexibility index (Phi) is 8.69. The quantitative estimate of drug-likeness (QED) is 0.658. The fourth-order valence-corrected chi connectivity index (χ4v) is 1.80. The van der Waals surface area contributed by atoms with Crippen LogP contribution >= 0.6 is 11.8 Å². The first-order chi connectivity index (χ1) is 8.88. The second-order valence-electron chi connectivity index (χ2n) is 3.91. The Bertz CT molecular complexity index is 347. The number of carbonyl (C=O) groups excluding carboxylic acids is 2. The Hall–Kier alpha value is -1.50. The highest BCUT2D eigenvalue weighted by molar-refractivity contribution is 8.13. The fraction of sp³-hybridized carbons (Fsp3) is 0.583. The molecule has 0 saturated heterocycles. The first kappa shape index (κ1) is 17.5. The minimum Gasteiger partial charge on any atom is -0.480 e. The summed E-state index contributed by atoms with van der Waals surface area (Å²) in [5.41, 5.74) is 0. The van der Waals surface area contributed by atoms with Gasteiger partial charge in [0.25, 0.3) is 0 Å². The zero-order valence-corrected chi connectivity index (χ0v) is 12.0. The molecule has 7 heteroatoms. The molecule has 2 N–H and O–H groups in total. The second kappa shape index (κ2) is 9.43. The molecule has 0 saturated carbocycles. The van der Waals surface area contributed by atoms with Crippen molar-refractivity contribution in [2.24, 2.45) is 0 Å². The van der Waals surface area contributed by atoms with Gasteiger partial charge in [-0.1, -0.05) is 17.8 Å². The lowest BCUT2D eigenvalue weighted by Crippen LogP contribution is -2.47. The molecule has 0 aromatic heterocycles. The summed E-state index contributed by atoms with van der Waals surface area (Å²) >= 11 is 1.13. The standard InChI is InChI=1S/C12H20N2O4S/c1-4-5-6-14(7-8-19-10(3)15)12(18)13-9(2)11(16)17/h4,9H,1,5-8H2,2-3H3,(H,13,18)(H,16,17). The molecule has 19 heavy (non-hydrogen) atoms. The van der Waals surface area contributed by atoms with E-state index in [2.05, 4.69) is 11.9 Å². The highest BCUT2D eigenvalue weighted by Crippen LogP contribution is 2.03. The van der Waals surface area contributed by atoms with Crippen molar-refractivity contribution in [2.75, 3.05) is 18.8 Å². The van der Waals surface area contributed by atoms with Gasteiger partial charge in [-0.2, -0.15) is 0 Å². The van der Waals surface area contributed by atoms with E-state index < -0.39 is 18.0 Å². The van der Waals surface area contributed by atoms with Gasteiger partial charge in [-0.3, -0.25) is 9.59 Å². The lowest BCUT2D eigenvalue weighted by atomic mass is 10.3. The van der Waals surface area contributed by atoms with E-state index in [1.54, 1.807) is 6.08 Å². The van der Waals surface area contributed by atoms with Crippen LogP contribution in [0.2, 0.25) is 0 Å². The van der Waals surface area contributed by atoms with Gasteiger partial charge in [0, 0.05) is 25.8 Å². The van der Waals surface area contributed by atoms with E-state index in [9.17, 15) is 14.4 Å². The van der Waals surface area contributed by atoms with Crippen molar-refractivity contribution in [3.05, 3.63) is 12.7 Å². The number of carboxylic acids is 1. The van der Waals surface area contributed by atoms with Gasteiger partial charge in [0.1, 0.15) is 6.04 Å². The lowest BCUT2D eigenvalue weighted by Gasteiger charge is -2.23. The molecule has 2 amide bonds. The largest absolute Gasteiger partial charge is 0.480 e. The Balaban J connectivity index is 4.37. The van der Waals surface area contributed by atoms with Crippen molar-refractivity contribution in [1.82, 2.24) is 10.2 Å². The minimum atomic E-state index is -1.09. The van der Waals surface area contributed by atoms with E-state index in [1.165, 1.54) is 18.7 Å². The number of hydrogen-bond acceptors (Lipinski definition) is 4. The summed E-state index contributed by atoms with van der Waals surface area (Å²) in [6, 6.07) is -1.39. The van der Waals surface area contributed by atoms with Crippen LogP contribution in [0.3, 0.4) is 0 Å². The summed E-state index contributed by atoms with van der Waals surface area (Å²) < 4.78 is 0. The third-order valence-corrected chi connectivity index (χ3v) is 3.06. The van der Waals surface area contributed by atoms with Crippen LogP contribution in [0.5, 0.6) is 0 Å². The lowest BCUT2D eigenvalue weighted by molar-refractivity contribution is -0.138. The number of carbonyl (C=O) groups is 3. The van der Waals surface area contributed by atoms with E-state index >= 15 is 0 Å². The average Bonchev–Trinajstić information content (AvgIpc) is 2.32. The molecule has 0 aliphatic carbocycles. The molecule has 0 radical (unpaired) electrons. The van der Waals surface area contributed by atoms with Gasteiger partial charge in [0.2, 0.25) is 0 Å².